The Bertz CT molecular complexity index is 523. The molecule has 2 aromatic rings. The van der Waals surface area contributed by atoms with E-state index in [-0.39, 0.29) is 12.2 Å². The first-order valence-corrected chi connectivity index (χ1v) is 7.30. The first-order valence-electron chi connectivity index (χ1n) is 7.30. The van der Waals surface area contributed by atoms with Crippen molar-refractivity contribution in [2.45, 2.75) is 25.2 Å². The minimum absolute atomic E-state index is 0.0724. The molecule has 0 N–H and O–H groups in total. The van der Waals surface area contributed by atoms with Crippen LogP contribution in [0.15, 0.2) is 60.7 Å². The lowest BCUT2D eigenvalue weighted by atomic mass is 10.1. The fourth-order valence-corrected chi connectivity index (χ4v) is 2.28. The van der Waals surface area contributed by atoms with Crippen LogP contribution in [0.25, 0.3) is 0 Å². The van der Waals surface area contributed by atoms with E-state index in [4.69, 9.17) is 14.2 Å². The number of rotatable bonds is 8. The molecule has 110 valence electrons. The van der Waals surface area contributed by atoms with Crippen molar-refractivity contribution in [1.29, 1.82) is 0 Å². The van der Waals surface area contributed by atoms with Crippen molar-refractivity contribution in [3.63, 3.8) is 0 Å². The Morgan fingerprint density at radius 2 is 1.57 bits per heavy atom. The van der Waals surface area contributed by atoms with Crippen molar-refractivity contribution >= 4 is 0 Å². The second-order valence-corrected chi connectivity index (χ2v) is 5.22. The van der Waals surface area contributed by atoms with Crippen LogP contribution >= 0.6 is 0 Å². The summed E-state index contributed by atoms with van der Waals surface area (Å²) in [7, 11) is 0. The normalized spacial score (nSPS) is 18.4. The zero-order valence-corrected chi connectivity index (χ0v) is 12.0. The Morgan fingerprint density at radius 1 is 0.952 bits per heavy atom. The maximum atomic E-state index is 5.84. The molecule has 2 aromatic carbocycles. The van der Waals surface area contributed by atoms with Gasteiger partial charge in [0.15, 0.2) is 0 Å². The maximum absolute atomic E-state index is 5.84. The van der Waals surface area contributed by atoms with Crippen LogP contribution in [0, 0.1) is 0 Å². The first-order chi connectivity index (χ1) is 10.4. The van der Waals surface area contributed by atoms with Crippen molar-refractivity contribution in [3.8, 4) is 0 Å². The number of epoxide rings is 1. The largest absolute Gasteiger partial charge is 0.370 e. The lowest BCUT2D eigenvalue weighted by Crippen LogP contribution is -2.24. The molecular formula is C18H20O3. The van der Waals surface area contributed by atoms with Crippen molar-refractivity contribution < 1.29 is 14.2 Å². The van der Waals surface area contributed by atoms with Crippen LogP contribution in [0.2, 0.25) is 0 Å². The Labute approximate surface area is 125 Å². The number of hydrogen-bond donors (Lipinski definition) is 0. The second kappa shape index (κ2) is 7.36. The number of benzene rings is 2. The summed E-state index contributed by atoms with van der Waals surface area (Å²) in [4.78, 5) is 0. The molecule has 1 heterocycles. The molecule has 1 aliphatic heterocycles. The molecule has 21 heavy (non-hydrogen) atoms. The van der Waals surface area contributed by atoms with Gasteiger partial charge in [0.05, 0.1) is 19.3 Å². The van der Waals surface area contributed by atoms with Gasteiger partial charge in [-0.05, 0) is 11.1 Å². The highest BCUT2D eigenvalue weighted by Crippen LogP contribution is 2.21. The predicted molar refractivity (Wildman–Crippen MR) is 80.9 cm³/mol. The van der Waals surface area contributed by atoms with Crippen molar-refractivity contribution in [2.75, 3.05) is 13.4 Å². The fraction of sp³-hybridized carbons (Fsp3) is 0.333. The van der Waals surface area contributed by atoms with Crippen LogP contribution in [0.4, 0.5) is 0 Å². The molecule has 0 amide bonds. The van der Waals surface area contributed by atoms with Crippen LogP contribution in [-0.4, -0.2) is 25.6 Å². The van der Waals surface area contributed by atoms with E-state index in [1.54, 1.807) is 0 Å². The van der Waals surface area contributed by atoms with Gasteiger partial charge in [-0.3, -0.25) is 0 Å². The minimum Gasteiger partial charge on any atom is -0.370 e. The Morgan fingerprint density at radius 3 is 2.19 bits per heavy atom. The smallest absolute Gasteiger partial charge is 0.147 e. The van der Waals surface area contributed by atoms with E-state index in [9.17, 15) is 0 Å². The average molecular weight is 284 g/mol. The van der Waals surface area contributed by atoms with E-state index < -0.39 is 0 Å². The van der Waals surface area contributed by atoms with Gasteiger partial charge in [-0.1, -0.05) is 60.7 Å². The minimum atomic E-state index is 0.0724. The van der Waals surface area contributed by atoms with Gasteiger partial charge in [0.2, 0.25) is 0 Å². The van der Waals surface area contributed by atoms with Crippen LogP contribution < -0.4 is 0 Å². The van der Waals surface area contributed by atoms with E-state index in [0.29, 0.717) is 13.4 Å². The number of ether oxygens (including phenoxy) is 3. The zero-order chi connectivity index (χ0) is 14.3. The third kappa shape index (κ3) is 4.67. The van der Waals surface area contributed by atoms with Gasteiger partial charge in [-0.25, -0.2) is 0 Å². The Balaban J connectivity index is 1.43. The molecule has 0 bridgehead atoms. The zero-order valence-electron chi connectivity index (χ0n) is 12.0. The molecule has 2 unspecified atom stereocenters. The lowest BCUT2D eigenvalue weighted by Gasteiger charge is -2.16. The van der Waals surface area contributed by atoms with Crippen LogP contribution in [-0.2, 0) is 27.2 Å². The molecule has 3 nitrogen and oxygen atoms in total. The van der Waals surface area contributed by atoms with Crippen molar-refractivity contribution in [2.24, 2.45) is 0 Å². The van der Waals surface area contributed by atoms with E-state index in [1.807, 2.05) is 48.5 Å². The molecule has 0 radical (unpaired) electrons. The van der Waals surface area contributed by atoms with Gasteiger partial charge in [0.1, 0.15) is 12.9 Å². The molecule has 0 spiro atoms. The van der Waals surface area contributed by atoms with Crippen LogP contribution in [0.5, 0.6) is 0 Å². The maximum Gasteiger partial charge on any atom is 0.147 e. The molecule has 3 rings (SSSR count). The molecule has 1 saturated heterocycles. The summed E-state index contributed by atoms with van der Waals surface area (Å²) >= 11 is 0. The Hall–Kier alpha value is -1.68. The van der Waals surface area contributed by atoms with Crippen molar-refractivity contribution in [1.82, 2.24) is 0 Å². The summed E-state index contributed by atoms with van der Waals surface area (Å²) in [6.45, 7) is 1.66. The van der Waals surface area contributed by atoms with Gasteiger partial charge in [-0.2, -0.15) is 0 Å². The first kappa shape index (κ1) is 14.3. The summed E-state index contributed by atoms with van der Waals surface area (Å²) in [5.41, 5.74) is 2.42. The highest BCUT2D eigenvalue weighted by atomic mass is 16.7. The van der Waals surface area contributed by atoms with Crippen molar-refractivity contribution in [3.05, 3.63) is 71.8 Å². The summed E-state index contributed by atoms with van der Waals surface area (Å²) in [5.74, 6) is 0. The van der Waals surface area contributed by atoms with Gasteiger partial charge in [0.25, 0.3) is 0 Å². The van der Waals surface area contributed by atoms with E-state index in [0.717, 1.165) is 18.6 Å². The topological polar surface area (TPSA) is 31.0 Å². The van der Waals surface area contributed by atoms with Crippen LogP contribution in [0.3, 0.4) is 0 Å². The summed E-state index contributed by atoms with van der Waals surface area (Å²) in [6, 6.07) is 20.5. The fourth-order valence-electron chi connectivity index (χ4n) is 2.28. The van der Waals surface area contributed by atoms with Gasteiger partial charge in [-0.15, -0.1) is 0 Å². The molecule has 0 aliphatic carbocycles. The summed E-state index contributed by atoms with van der Waals surface area (Å²) < 4.78 is 16.8. The molecule has 0 saturated carbocycles. The quantitative estimate of drug-likeness (QED) is 0.424. The lowest BCUT2D eigenvalue weighted by molar-refractivity contribution is -0.102. The SMILES string of the molecule is c1ccc(COCOC(Cc2ccccc2)C2CO2)cc1. The predicted octanol–water partition coefficient (Wildman–Crippen LogP) is 3.19. The monoisotopic (exact) mass is 284 g/mol. The van der Waals surface area contributed by atoms with E-state index >= 15 is 0 Å². The Kier molecular flexibility index (Phi) is 5.00. The summed E-state index contributed by atoms with van der Waals surface area (Å²) in [6.07, 6.45) is 1.15. The van der Waals surface area contributed by atoms with E-state index in [2.05, 4.69) is 12.1 Å². The van der Waals surface area contributed by atoms with Gasteiger partial charge in [0, 0.05) is 6.42 Å². The second-order valence-electron chi connectivity index (χ2n) is 5.22. The molecule has 3 heteroatoms. The molecule has 1 aliphatic rings. The standard InChI is InChI=1S/C18H20O3/c1-3-7-15(8-4-1)11-17(18-13-20-18)21-14-19-12-16-9-5-2-6-10-16/h1-10,17-18H,11-14H2. The molecule has 2 atom stereocenters. The molecular weight excluding hydrogens is 264 g/mol. The highest BCUT2D eigenvalue weighted by Gasteiger charge is 2.33. The van der Waals surface area contributed by atoms with Gasteiger partial charge < -0.3 is 14.2 Å². The van der Waals surface area contributed by atoms with E-state index in [1.165, 1.54) is 5.56 Å². The van der Waals surface area contributed by atoms with Gasteiger partial charge >= 0.3 is 0 Å². The highest BCUT2D eigenvalue weighted by molar-refractivity contribution is 5.16. The van der Waals surface area contributed by atoms with Crippen LogP contribution in [0.1, 0.15) is 11.1 Å². The number of hydrogen-bond acceptors (Lipinski definition) is 3. The average Bonchev–Trinajstić information content (AvgIpc) is 3.37. The molecule has 0 aromatic heterocycles. The summed E-state index contributed by atoms with van der Waals surface area (Å²) in [5, 5.41) is 0. The third-order valence-electron chi connectivity index (χ3n) is 3.53. The molecule has 1 fully saturated rings. The third-order valence-corrected chi connectivity index (χ3v) is 3.53.